The number of fused-ring (bicyclic) bond motifs is 1. The Hall–Kier alpha value is -2.90. The molecule has 0 radical (unpaired) electrons. The molecule has 1 N–H and O–H groups in total. The maximum Gasteiger partial charge on any atom is 0.419 e. The van der Waals surface area contributed by atoms with E-state index >= 15 is 0 Å². The van der Waals surface area contributed by atoms with Gasteiger partial charge in [-0.2, -0.15) is 23.5 Å². The van der Waals surface area contributed by atoms with E-state index in [1.165, 1.54) is 0 Å². The number of amides is 1. The predicted molar refractivity (Wildman–Crippen MR) is 104 cm³/mol. The van der Waals surface area contributed by atoms with Gasteiger partial charge in [-0.25, -0.2) is 8.78 Å². The number of nitrogens with zero attached hydrogens (tertiary/aromatic N) is 4. The van der Waals surface area contributed by atoms with E-state index in [9.17, 15) is 26.7 Å². The van der Waals surface area contributed by atoms with Gasteiger partial charge in [-0.1, -0.05) is 13.0 Å². The third kappa shape index (κ3) is 3.65. The normalized spacial score (nSPS) is 26.3. The van der Waals surface area contributed by atoms with Gasteiger partial charge >= 0.3 is 6.18 Å². The van der Waals surface area contributed by atoms with Crippen molar-refractivity contribution in [2.45, 2.75) is 44.3 Å². The number of hydrazone groups is 1. The monoisotopic (exact) mass is 455 g/mol. The fourth-order valence-electron chi connectivity index (χ4n) is 4.91. The summed E-state index contributed by atoms with van der Waals surface area (Å²) in [5.74, 6) is -4.35. The van der Waals surface area contributed by atoms with Crippen molar-refractivity contribution in [1.29, 1.82) is 5.26 Å². The lowest BCUT2D eigenvalue weighted by Crippen LogP contribution is -2.55. The molecule has 11 heteroatoms. The maximum absolute atomic E-state index is 14.0. The van der Waals surface area contributed by atoms with E-state index < -0.39 is 34.7 Å². The first-order valence-corrected chi connectivity index (χ1v) is 10.4. The van der Waals surface area contributed by atoms with Gasteiger partial charge in [0.1, 0.15) is 5.71 Å². The Morgan fingerprint density at radius 1 is 1.25 bits per heavy atom. The number of halogens is 5. The largest absolute Gasteiger partial charge is 0.419 e. The van der Waals surface area contributed by atoms with Crippen LogP contribution in [0.4, 0.5) is 22.0 Å². The molecule has 172 valence electrons. The first-order valence-electron chi connectivity index (χ1n) is 10.4. The highest BCUT2D eigenvalue weighted by atomic mass is 19.4. The Morgan fingerprint density at radius 3 is 2.56 bits per heavy atom. The minimum absolute atomic E-state index is 0.177. The molecule has 1 amide bonds. The van der Waals surface area contributed by atoms with Crippen molar-refractivity contribution in [3.63, 3.8) is 0 Å². The Morgan fingerprint density at radius 2 is 1.94 bits per heavy atom. The summed E-state index contributed by atoms with van der Waals surface area (Å²) in [4.78, 5) is 16.3. The van der Waals surface area contributed by atoms with Crippen molar-refractivity contribution in [2.75, 3.05) is 26.2 Å². The number of carbonyl (C=O) groups excluding carboxylic acids is 1. The quantitative estimate of drug-likeness (QED) is 0.549. The molecule has 4 rings (SSSR count). The van der Waals surface area contributed by atoms with Gasteiger partial charge in [0.2, 0.25) is 0 Å². The zero-order valence-corrected chi connectivity index (χ0v) is 17.3. The maximum atomic E-state index is 14.0. The Labute approximate surface area is 181 Å². The summed E-state index contributed by atoms with van der Waals surface area (Å²) in [6.07, 6.45) is -1.95. The second-order valence-electron chi connectivity index (χ2n) is 8.75. The standard InChI is InChI=1S/C21H22F5N5O/c1-20-6-9-30(11-27)10-15(20)28-29-18(20)19(32)31-7-4-12(5-8-31)13-2-3-14(22)17(23)16(13)21(24,25)26/h2-3,12,15,28H,4-10H2,1H3. The topological polar surface area (TPSA) is 71.7 Å². The summed E-state index contributed by atoms with van der Waals surface area (Å²) in [5.41, 5.74) is 0.933. The van der Waals surface area contributed by atoms with Crippen LogP contribution in [0.1, 0.15) is 43.2 Å². The molecule has 2 fully saturated rings. The van der Waals surface area contributed by atoms with Gasteiger partial charge < -0.3 is 15.2 Å². The van der Waals surface area contributed by atoms with Crippen LogP contribution >= 0.6 is 0 Å². The molecule has 0 aromatic heterocycles. The second kappa shape index (κ2) is 7.90. The van der Waals surface area contributed by atoms with Gasteiger partial charge in [-0.15, -0.1) is 0 Å². The molecular weight excluding hydrogens is 433 g/mol. The molecule has 0 bridgehead atoms. The van der Waals surface area contributed by atoms with E-state index in [2.05, 4.69) is 16.7 Å². The van der Waals surface area contributed by atoms with Crippen LogP contribution in [0.3, 0.4) is 0 Å². The number of benzene rings is 1. The third-order valence-electron chi connectivity index (χ3n) is 6.92. The van der Waals surface area contributed by atoms with Crippen molar-refractivity contribution in [3.05, 3.63) is 34.9 Å². The fourth-order valence-corrected chi connectivity index (χ4v) is 4.91. The lowest BCUT2D eigenvalue weighted by Gasteiger charge is -2.40. The zero-order valence-electron chi connectivity index (χ0n) is 17.3. The molecule has 1 aromatic carbocycles. The highest BCUT2D eigenvalue weighted by Gasteiger charge is 2.51. The first-order chi connectivity index (χ1) is 15.1. The number of rotatable bonds is 2. The highest BCUT2D eigenvalue weighted by Crippen LogP contribution is 2.42. The van der Waals surface area contributed by atoms with E-state index in [1.807, 2.05) is 6.92 Å². The van der Waals surface area contributed by atoms with Crippen molar-refractivity contribution >= 4 is 11.6 Å². The van der Waals surface area contributed by atoms with Gasteiger partial charge in [0, 0.05) is 25.0 Å². The summed E-state index contributed by atoms with van der Waals surface area (Å²) in [6.45, 7) is 3.24. The summed E-state index contributed by atoms with van der Waals surface area (Å²) < 4.78 is 67.6. The average Bonchev–Trinajstić information content (AvgIpc) is 3.10. The van der Waals surface area contributed by atoms with Gasteiger partial charge in [0.25, 0.3) is 5.91 Å². The summed E-state index contributed by atoms with van der Waals surface area (Å²) in [7, 11) is 0. The molecule has 6 nitrogen and oxygen atoms in total. The number of nitrogens with one attached hydrogen (secondary N) is 1. The summed E-state index contributed by atoms with van der Waals surface area (Å²) in [5, 5.41) is 13.4. The molecule has 1 aromatic rings. The van der Waals surface area contributed by atoms with Crippen LogP contribution in [0.5, 0.6) is 0 Å². The van der Waals surface area contributed by atoms with Crippen molar-refractivity contribution in [1.82, 2.24) is 15.2 Å². The number of likely N-dealkylation sites (tertiary alicyclic amines) is 2. The number of nitriles is 1. The summed E-state index contributed by atoms with van der Waals surface area (Å²) in [6, 6.07) is 1.53. The van der Waals surface area contributed by atoms with Crippen LogP contribution in [0.15, 0.2) is 17.2 Å². The number of carbonyl (C=O) groups is 1. The predicted octanol–water partition coefficient (Wildman–Crippen LogP) is 3.21. The lowest BCUT2D eigenvalue weighted by molar-refractivity contribution is -0.141. The van der Waals surface area contributed by atoms with E-state index in [-0.39, 0.29) is 43.4 Å². The number of hydrogen-bond acceptors (Lipinski definition) is 5. The number of alkyl halides is 3. The summed E-state index contributed by atoms with van der Waals surface area (Å²) >= 11 is 0. The number of piperidine rings is 2. The Bertz CT molecular complexity index is 996. The second-order valence-corrected chi connectivity index (χ2v) is 8.75. The molecule has 3 heterocycles. The first kappa shape index (κ1) is 22.3. The lowest BCUT2D eigenvalue weighted by atomic mass is 9.73. The van der Waals surface area contributed by atoms with Crippen LogP contribution in [0.25, 0.3) is 0 Å². The van der Waals surface area contributed by atoms with Crippen LogP contribution in [0, 0.1) is 28.5 Å². The van der Waals surface area contributed by atoms with E-state index in [0.717, 1.165) is 6.07 Å². The Balaban J connectivity index is 1.47. The van der Waals surface area contributed by atoms with Crippen molar-refractivity contribution in [3.8, 4) is 6.19 Å². The SMILES string of the molecule is CC12CCN(C#N)CC1NN=C2C(=O)N1CCC(c2ccc(F)c(F)c2C(F)(F)F)CC1. The molecule has 0 saturated carbocycles. The molecule has 0 spiro atoms. The van der Waals surface area contributed by atoms with E-state index in [1.54, 1.807) is 9.80 Å². The highest BCUT2D eigenvalue weighted by molar-refractivity contribution is 6.41. The third-order valence-corrected chi connectivity index (χ3v) is 6.92. The minimum atomic E-state index is -5.01. The minimum Gasteiger partial charge on any atom is -0.337 e. The average molecular weight is 455 g/mol. The van der Waals surface area contributed by atoms with Gasteiger partial charge in [-0.05, 0) is 36.8 Å². The fraction of sp³-hybridized carbons (Fsp3) is 0.571. The molecule has 2 atom stereocenters. The van der Waals surface area contributed by atoms with Gasteiger partial charge in [0.05, 0.1) is 18.2 Å². The van der Waals surface area contributed by atoms with Crippen LogP contribution in [-0.2, 0) is 11.0 Å². The van der Waals surface area contributed by atoms with Crippen molar-refractivity contribution in [2.24, 2.45) is 10.5 Å². The smallest absolute Gasteiger partial charge is 0.337 e. The van der Waals surface area contributed by atoms with Crippen LogP contribution in [-0.4, -0.2) is 53.6 Å². The van der Waals surface area contributed by atoms with Crippen LogP contribution in [0.2, 0.25) is 0 Å². The molecule has 2 unspecified atom stereocenters. The molecule has 3 aliphatic rings. The number of hydrogen-bond donors (Lipinski definition) is 1. The van der Waals surface area contributed by atoms with Crippen molar-refractivity contribution < 1.29 is 26.7 Å². The molecule has 3 aliphatic heterocycles. The molecule has 32 heavy (non-hydrogen) atoms. The molecular formula is C21H22F5N5O. The zero-order chi connectivity index (χ0) is 23.3. The van der Waals surface area contributed by atoms with Gasteiger partial charge in [-0.3, -0.25) is 4.79 Å². The van der Waals surface area contributed by atoms with Crippen LogP contribution < -0.4 is 5.43 Å². The van der Waals surface area contributed by atoms with E-state index in [4.69, 9.17) is 5.26 Å². The molecule has 0 aliphatic carbocycles. The Kier molecular flexibility index (Phi) is 5.51. The van der Waals surface area contributed by atoms with E-state index in [0.29, 0.717) is 31.3 Å². The molecule has 2 saturated heterocycles. The van der Waals surface area contributed by atoms with Gasteiger partial charge in [0.15, 0.2) is 17.8 Å².